The normalized spacial score (nSPS) is 10.8. The number of thiophene rings is 1. The number of anilines is 1. The zero-order chi connectivity index (χ0) is 15.0. The van der Waals surface area contributed by atoms with E-state index in [4.69, 9.17) is 16.3 Å². The molecule has 2 aromatic heterocycles. The van der Waals surface area contributed by atoms with Crippen LogP contribution in [0.15, 0.2) is 30.3 Å². The van der Waals surface area contributed by atoms with Crippen molar-refractivity contribution in [1.29, 1.82) is 0 Å². The van der Waals surface area contributed by atoms with Crippen LogP contribution in [0, 0.1) is 0 Å². The molecule has 0 spiro atoms. The van der Waals surface area contributed by atoms with Gasteiger partial charge in [-0.1, -0.05) is 22.9 Å². The molecule has 0 bridgehead atoms. The summed E-state index contributed by atoms with van der Waals surface area (Å²) < 4.78 is 6.91. The number of fused-ring (bicyclic) bond motifs is 1. The Bertz CT molecular complexity index is 810. The van der Waals surface area contributed by atoms with Gasteiger partial charge in [0.15, 0.2) is 5.13 Å². The predicted octanol–water partition coefficient (Wildman–Crippen LogP) is 4.30. The molecule has 0 amide bonds. The summed E-state index contributed by atoms with van der Waals surface area (Å²) in [4.78, 5) is 18.9. The van der Waals surface area contributed by atoms with Crippen molar-refractivity contribution in [3.05, 3.63) is 39.5 Å². The second-order valence-electron chi connectivity index (χ2n) is 4.51. The minimum absolute atomic E-state index is 0.399. The van der Waals surface area contributed by atoms with Crippen molar-refractivity contribution >= 4 is 55.6 Å². The van der Waals surface area contributed by atoms with Gasteiger partial charge in [-0.3, -0.25) is 0 Å². The molecule has 1 aromatic carbocycles. The van der Waals surface area contributed by atoms with Gasteiger partial charge in [0.2, 0.25) is 0 Å². The summed E-state index contributed by atoms with van der Waals surface area (Å²) >= 11 is 8.57. The number of nitrogens with zero attached hydrogens (tertiary/aromatic N) is 2. The maximum Gasteiger partial charge on any atom is 0.353 e. The van der Waals surface area contributed by atoms with Gasteiger partial charge in [-0.05, 0) is 24.3 Å². The van der Waals surface area contributed by atoms with E-state index in [1.54, 1.807) is 29.5 Å². The summed E-state index contributed by atoms with van der Waals surface area (Å²) in [5.41, 5.74) is 0.891. The highest BCUT2D eigenvalue weighted by Gasteiger charge is 2.13. The number of aromatic nitrogens is 1. The predicted molar refractivity (Wildman–Crippen MR) is 88.2 cm³/mol. The Hall–Kier alpha value is -1.63. The standard InChI is InChI=1S/C14H11ClN2O2S2/c1-17(2)14-16-9-4-3-8(7-11(9)21-14)19-13(18)10-5-6-12(15)20-10/h3-7H,1-2H3. The fourth-order valence-electron chi connectivity index (χ4n) is 1.73. The Balaban J connectivity index is 1.85. The molecule has 0 saturated heterocycles. The molecule has 7 heteroatoms. The molecule has 0 aliphatic heterocycles. The summed E-state index contributed by atoms with van der Waals surface area (Å²) in [5.74, 6) is 0.106. The zero-order valence-electron chi connectivity index (χ0n) is 11.3. The van der Waals surface area contributed by atoms with E-state index in [9.17, 15) is 4.79 Å². The first-order valence-corrected chi connectivity index (χ1v) is 8.09. The lowest BCUT2D eigenvalue weighted by molar-refractivity contribution is 0.0740. The van der Waals surface area contributed by atoms with E-state index in [0.717, 1.165) is 15.3 Å². The summed E-state index contributed by atoms with van der Waals surface area (Å²) in [7, 11) is 3.89. The maximum atomic E-state index is 12.0. The number of thiazole rings is 1. The van der Waals surface area contributed by atoms with Gasteiger partial charge in [0.05, 0.1) is 14.6 Å². The van der Waals surface area contributed by atoms with Crippen molar-refractivity contribution in [2.75, 3.05) is 19.0 Å². The van der Waals surface area contributed by atoms with Gasteiger partial charge in [0, 0.05) is 20.2 Å². The van der Waals surface area contributed by atoms with Crippen LogP contribution in [0.25, 0.3) is 10.2 Å². The van der Waals surface area contributed by atoms with Crippen molar-refractivity contribution < 1.29 is 9.53 Å². The average molecular weight is 339 g/mol. The van der Waals surface area contributed by atoms with E-state index in [-0.39, 0.29) is 0 Å². The highest BCUT2D eigenvalue weighted by atomic mass is 35.5. The van der Waals surface area contributed by atoms with Gasteiger partial charge in [-0.15, -0.1) is 11.3 Å². The van der Waals surface area contributed by atoms with Crippen molar-refractivity contribution in [2.45, 2.75) is 0 Å². The fourth-order valence-corrected chi connectivity index (χ4v) is 3.57. The Morgan fingerprint density at radius 1 is 1.24 bits per heavy atom. The summed E-state index contributed by atoms with van der Waals surface area (Å²) in [6.07, 6.45) is 0. The van der Waals surface area contributed by atoms with Crippen LogP contribution < -0.4 is 9.64 Å². The molecule has 0 aliphatic rings. The summed E-state index contributed by atoms with van der Waals surface area (Å²) in [5, 5.41) is 0.915. The number of hydrogen-bond donors (Lipinski definition) is 0. The molecular weight excluding hydrogens is 328 g/mol. The molecule has 0 radical (unpaired) electrons. The van der Waals surface area contributed by atoms with Crippen LogP contribution in [0.1, 0.15) is 9.67 Å². The molecule has 0 saturated carbocycles. The highest BCUT2D eigenvalue weighted by Crippen LogP contribution is 2.31. The van der Waals surface area contributed by atoms with E-state index in [1.165, 1.54) is 11.3 Å². The van der Waals surface area contributed by atoms with Crippen LogP contribution in [0.2, 0.25) is 4.34 Å². The first-order valence-electron chi connectivity index (χ1n) is 6.08. The quantitative estimate of drug-likeness (QED) is 0.527. The molecular formula is C14H11ClN2O2S2. The van der Waals surface area contributed by atoms with Crippen LogP contribution in [-0.4, -0.2) is 25.0 Å². The lowest BCUT2D eigenvalue weighted by atomic mass is 10.3. The Morgan fingerprint density at radius 2 is 2.05 bits per heavy atom. The smallest absolute Gasteiger partial charge is 0.353 e. The summed E-state index contributed by atoms with van der Waals surface area (Å²) in [6, 6.07) is 8.76. The molecule has 0 aliphatic carbocycles. The van der Waals surface area contributed by atoms with E-state index in [2.05, 4.69) is 4.98 Å². The first-order chi connectivity index (χ1) is 10.0. The molecule has 2 heterocycles. The van der Waals surface area contributed by atoms with Crippen molar-refractivity contribution in [2.24, 2.45) is 0 Å². The largest absolute Gasteiger partial charge is 0.422 e. The third-order valence-electron chi connectivity index (χ3n) is 2.72. The van der Waals surface area contributed by atoms with Gasteiger partial charge < -0.3 is 9.64 Å². The number of benzene rings is 1. The van der Waals surface area contributed by atoms with Crippen LogP contribution >= 0.6 is 34.3 Å². The van der Waals surface area contributed by atoms with Crippen LogP contribution in [-0.2, 0) is 0 Å². The molecule has 0 atom stereocenters. The highest BCUT2D eigenvalue weighted by molar-refractivity contribution is 7.22. The molecule has 0 N–H and O–H groups in total. The molecule has 3 rings (SSSR count). The Morgan fingerprint density at radius 3 is 2.71 bits per heavy atom. The number of esters is 1. The Labute approximate surface area is 134 Å². The number of halogens is 1. The molecule has 3 aromatic rings. The molecule has 4 nitrogen and oxygen atoms in total. The van der Waals surface area contributed by atoms with Gasteiger partial charge in [-0.2, -0.15) is 0 Å². The minimum atomic E-state index is -0.399. The second-order valence-corrected chi connectivity index (χ2v) is 7.24. The third-order valence-corrected chi connectivity index (χ3v) is 5.11. The Kier molecular flexibility index (Phi) is 3.84. The topological polar surface area (TPSA) is 42.4 Å². The lowest BCUT2D eigenvalue weighted by Crippen LogP contribution is -2.07. The van der Waals surface area contributed by atoms with Gasteiger partial charge >= 0.3 is 5.97 Å². The van der Waals surface area contributed by atoms with E-state index >= 15 is 0 Å². The molecule has 0 unspecified atom stereocenters. The van der Waals surface area contributed by atoms with Crippen LogP contribution in [0.4, 0.5) is 5.13 Å². The number of carbonyl (C=O) groups is 1. The fraction of sp³-hybridized carbons (Fsp3) is 0.143. The van der Waals surface area contributed by atoms with E-state index < -0.39 is 5.97 Å². The lowest BCUT2D eigenvalue weighted by Gasteiger charge is -2.04. The zero-order valence-corrected chi connectivity index (χ0v) is 13.7. The maximum absolute atomic E-state index is 12.0. The van der Waals surface area contributed by atoms with Gasteiger partial charge in [-0.25, -0.2) is 9.78 Å². The molecule has 21 heavy (non-hydrogen) atoms. The van der Waals surface area contributed by atoms with E-state index in [1.807, 2.05) is 31.1 Å². The number of ether oxygens (including phenoxy) is 1. The molecule has 0 fully saturated rings. The van der Waals surface area contributed by atoms with Crippen molar-refractivity contribution in [3.8, 4) is 5.75 Å². The van der Waals surface area contributed by atoms with Crippen molar-refractivity contribution in [3.63, 3.8) is 0 Å². The van der Waals surface area contributed by atoms with E-state index in [0.29, 0.717) is 15.0 Å². The van der Waals surface area contributed by atoms with Gasteiger partial charge in [0.25, 0.3) is 0 Å². The summed E-state index contributed by atoms with van der Waals surface area (Å²) in [6.45, 7) is 0. The third kappa shape index (κ3) is 3.02. The first kappa shape index (κ1) is 14.3. The monoisotopic (exact) mass is 338 g/mol. The van der Waals surface area contributed by atoms with Crippen LogP contribution in [0.3, 0.4) is 0 Å². The van der Waals surface area contributed by atoms with Gasteiger partial charge in [0.1, 0.15) is 10.6 Å². The van der Waals surface area contributed by atoms with Crippen LogP contribution in [0.5, 0.6) is 5.75 Å². The second kappa shape index (κ2) is 5.63. The van der Waals surface area contributed by atoms with Crippen molar-refractivity contribution in [1.82, 2.24) is 4.98 Å². The number of rotatable bonds is 3. The minimum Gasteiger partial charge on any atom is -0.422 e. The average Bonchev–Trinajstić information content (AvgIpc) is 3.04. The number of carbonyl (C=O) groups excluding carboxylic acids is 1. The number of hydrogen-bond acceptors (Lipinski definition) is 6. The SMILES string of the molecule is CN(C)c1nc2ccc(OC(=O)c3ccc(Cl)s3)cc2s1. The molecule has 108 valence electrons.